The van der Waals surface area contributed by atoms with E-state index in [2.05, 4.69) is 4.98 Å². The lowest BCUT2D eigenvalue weighted by molar-refractivity contribution is 0.0699. The monoisotopic (exact) mass is 193 g/mol. The van der Waals surface area contributed by atoms with Crippen molar-refractivity contribution in [3.8, 4) is 0 Å². The summed E-state index contributed by atoms with van der Waals surface area (Å²) in [6.07, 6.45) is 1.30. The molecule has 2 N–H and O–H groups in total. The van der Waals surface area contributed by atoms with Crippen LogP contribution in [0.1, 0.15) is 15.9 Å². The number of halogens is 1. The zero-order valence-electron chi connectivity index (χ0n) is 7.47. The number of hydrogen-bond donors (Lipinski definition) is 2. The van der Waals surface area contributed by atoms with Gasteiger partial charge in [0, 0.05) is 11.6 Å². The van der Waals surface area contributed by atoms with Crippen molar-refractivity contribution >= 4 is 16.9 Å². The largest absolute Gasteiger partial charge is 0.478 e. The van der Waals surface area contributed by atoms with Crippen molar-refractivity contribution in [1.29, 1.82) is 0 Å². The van der Waals surface area contributed by atoms with Crippen LogP contribution in [0.15, 0.2) is 18.3 Å². The van der Waals surface area contributed by atoms with Crippen LogP contribution in [0.2, 0.25) is 0 Å². The van der Waals surface area contributed by atoms with Crippen LogP contribution < -0.4 is 0 Å². The van der Waals surface area contributed by atoms with E-state index in [1.165, 1.54) is 6.20 Å². The lowest BCUT2D eigenvalue weighted by Crippen LogP contribution is -1.93. The van der Waals surface area contributed by atoms with Crippen LogP contribution in [0.4, 0.5) is 4.39 Å². The molecule has 0 fully saturated rings. The van der Waals surface area contributed by atoms with Crippen molar-refractivity contribution in [1.82, 2.24) is 4.98 Å². The number of H-pyrrole nitrogens is 1. The molecule has 3 nitrogen and oxygen atoms in total. The maximum atomic E-state index is 13.5. The second-order valence-corrected chi connectivity index (χ2v) is 3.13. The van der Waals surface area contributed by atoms with Gasteiger partial charge in [-0.3, -0.25) is 0 Å². The van der Waals surface area contributed by atoms with E-state index in [1.54, 1.807) is 19.1 Å². The van der Waals surface area contributed by atoms with Crippen LogP contribution >= 0.6 is 0 Å². The van der Waals surface area contributed by atoms with Crippen molar-refractivity contribution in [2.24, 2.45) is 0 Å². The molecule has 0 saturated carbocycles. The number of carboxylic acid groups (broad SMARTS) is 1. The summed E-state index contributed by atoms with van der Waals surface area (Å²) < 4.78 is 13.5. The van der Waals surface area contributed by atoms with Crippen LogP contribution in [0.25, 0.3) is 10.9 Å². The molecule has 0 spiro atoms. The first-order valence-corrected chi connectivity index (χ1v) is 4.10. The van der Waals surface area contributed by atoms with Gasteiger partial charge in [-0.2, -0.15) is 0 Å². The minimum absolute atomic E-state index is 0.0962. The molecule has 0 aliphatic heterocycles. The summed E-state index contributed by atoms with van der Waals surface area (Å²) in [6, 6.07) is 3.17. The summed E-state index contributed by atoms with van der Waals surface area (Å²) in [5.74, 6) is -1.45. The fraction of sp³-hybridized carbons (Fsp3) is 0.100. The molecule has 72 valence electrons. The molecule has 0 unspecified atom stereocenters. The number of aromatic amines is 1. The quantitative estimate of drug-likeness (QED) is 0.730. The number of carboxylic acids is 1. The Kier molecular flexibility index (Phi) is 1.77. The Balaban J connectivity index is 2.83. The Bertz CT molecular complexity index is 516. The molecule has 1 aromatic heterocycles. The van der Waals surface area contributed by atoms with Gasteiger partial charge in [-0.25, -0.2) is 9.18 Å². The van der Waals surface area contributed by atoms with Crippen LogP contribution in [0, 0.1) is 12.7 Å². The molecular weight excluding hydrogens is 185 g/mol. The van der Waals surface area contributed by atoms with Gasteiger partial charge in [-0.1, -0.05) is 12.1 Å². The predicted molar refractivity (Wildman–Crippen MR) is 50.0 cm³/mol. The molecule has 0 aliphatic rings. The van der Waals surface area contributed by atoms with Crippen molar-refractivity contribution in [3.63, 3.8) is 0 Å². The molecule has 1 heterocycles. The van der Waals surface area contributed by atoms with Gasteiger partial charge in [0.1, 0.15) is 5.82 Å². The van der Waals surface area contributed by atoms with Gasteiger partial charge < -0.3 is 10.1 Å². The number of fused-ring (bicyclic) bond motifs is 1. The van der Waals surface area contributed by atoms with Crippen LogP contribution in [-0.4, -0.2) is 16.1 Å². The maximum absolute atomic E-state index is 13.5. The predicted octanol–water partition coefficient (Wildman–Crippen LogP) is 2.31. The Morgan fingerprint density at radius 1 is 1.50 bits per heavy atom. The average molecular weight is 193 g/mol. The summed E-state index contributed by atoms with van der Waals surface area (Å²) >= 11 is 0. The molecule has 2 aromatic rings. The van der Waals surface area contributed by atoms with Crippen molar-refractivity contribution in [2.75, 3.05) is 0 Å². The number of aromatic carboxylic acids is 1. The lowest BCUT2D eigenvalue weighted by Gasteiger charge is -1.97. The van der Waals surface area contributed by atoms with Gasteiger partial charge in [0.25, 0.3) is 0 Å². The van der Waals surface area contributed by atoms with Gasteiger partial charge in [0.15, 0.2) is 0 Å². The Labute approximate surface area is 79.2 Å². The Morgan fingerprint density at radius 2 is 2.21 bits per heavy atom. The molecule has 14 heavy (non-hydrogen) atoms. The lowest BCUT2D eigenvalue weighted by atomic mass is 10.1. The molecular formula is C10H8FNO2. The molecule has 0 atom stereocenters. The fourth-order valence-corrected chi connectivity index (χ4v) is 1.44. The van der Waals surface area contributed by atoms with E-state index in [9.17, 15) is 9.18 Å². The minimum Gasteiger partial charge on any atom is -0.478 e. The van der Waals surface area contributed by atoms with Crippen molar-refractivity contribution < 1.29 is 14.3 Å². The third-order valence-corrected chi connectivity index (χ3v) is 2.22. The van der Waals surface area contributed by atoms with Gasteiger partial charge in [-0.15, -0.1) is 0 Å². The Hall–Kier alpha value is -1.84. The second kappa shape index (κ2) is 2.83. The van der Waals surface area contributed by atoms with E-state index in [1.807, 2.05) is 0 Å². The topological polar surface area (TPSA) is 53.1 Å². The highest BCUT2D eigenvalue weighted by Crippen LogP contribution is 2.22. The van der Waals surface area contributed by atoms with Gasteiger partial charge in [0.2, 0.25) is 0 Å². The number of aryl methyl sites for hydroxylation is 1. The van der Waals surface area contributed by atoms with Crippen LogP contribution in [0.3, 0.4) is 0 Å². The number of rotatable bonds is 1. The SMILES string of the molecule is Cc1ccc2c(C(=O)O)c[nH]c2c1F. The maximum Gasteiger partial charge on any atom is 0.337 e. The van der Waals surface area contributed by atoms with E-state index >= 15 is 0 Å². The number of nitrogens with one attached hydrogen (secondary N) is 1. The summed E-state index contributed by atoms with van der Waals surface area (Å²) in [6.45, 7) is 1.63. The molecule has 4 heteroatoms. The summed E-state index contributed by atoms with van der Waals surface area (Å²) in [4.78, 5) is 13.4. The minimum atomic E-state index is -1.06. The molecule has 0 bridgehead atoms. The summed E-state index contributed by atoms with van der Waals surface area (Å²) in [5.41, 5.74) is 0.845. The molecule has 0 amide bonds. The molecule has 1 aromatic carbocycles. The van der Waals surface area contributed by atoms with Gasteiger partial charge >= 0.3 is 5.97 Å². The zero-order valence-corrected chi connectivity index (χ0v) is 7.47. The number of benzene rings is 1. The van der Waals surface area contributed by atoms with Crippen LogP contribution in [0.5, 0.6) is 0 Å². The smallest absolute Gasteiger partial charge is 0.337 e. The van der Waals surface area contributed by atoms with E-state index in [4.69, 9.17) is 5.11 Å². The molecule has 0 aliphatic carbocycles. The first-order chi connectivity index (χ1) is 6.61. The van der Waals surface area contributed by atoms with Crippen molar-refractivity contribution in [2.45, 2.75) is 6.92 Å². The third-order valence-electron chi connectivity index (χ3n) is 2.22. The zero-order chi connectivity index (χ0) is 10.3. The average Bonchev–Trinajstić information content (AvgIpc) is 2.55. The standard InChI is InChI=1S/C10H8FNO2/c1-5-2-3-6-7(10(13)14)4-12-9(6)8(5)11/h2-4,12H,1H3,(H,13,14). The van der Waals surface area contributed by atoms with E-state index in [0.717, 1.165) is 0 Å². The van der Waals surface area contributed by atoms with E-state index < -0.39 is 11.8 Å². The summed E-state index contributed by atoms with van der Waals surface area (Å²) in [7, 11) is 0. The number of hydrogen-bond acceptors (Lipinski definition) is 1. The Morgan fingerprint density at radius 3 is 2.86 bits per heavy atom. The van der Waals surface area contributed by atoms with Gasteiger partial charge in [0.05, 0.1) is 11.1 Å². The first kappa shape index (κ1) is 8.74. The third kappa shape index (κ3) is 1.08. The highest BCUT2D eigenvalue weighted by atomic mass is 19.1. The normalized spacial score (nSPS) is 10.7. The highest BCUT2D eigenvalue weighted by molar-refractivity contribution is 6.03. The van der Waals surface area contributed by atoms with Crippen molar-refractivity contribution in [3.05, 3.63) is 35.3 Å². The van der Waals surface area contributed by atoms with E-state index in [-0.39, 0.29) is 11.1 Å². The fourth-order valence-electron chi connectivity index (χ4n) is 1.44. The van der Waals surface area contributed by atoms with Gasteiger partial charge in [-0.05, 0) is 12.5 Å². The molecule has 0 radical (unpaired) electrons. The number of aromatic nitrogens is 1. The van der Waals surface area contributed by atoms with Crippen LogP contribution in [-0.2, 0) is 0 Å². The highest BCUT2D eigenvalue weighted by Gasteiger charge is 2.13. The molecule has 0 saturated heterocycles. The molecule has 2 rings (SSSR count). The summed E-state index contributed by atoms with van der Waals surface area (Å²) in [5, 5.41) is 9.19. The first-order valence-electron chi connectivity index (χ1n) is 4.10. The van der Waals surface area contributed by atoms with E-state index in [0.29, 0.717) is 10.9 Å². The number of carbonyl (C=O) groups is 1. The second-order valence-electron chi connectivity index (χ2n) is 3.13.